The third-order valence-corrected chi connectivity index (χ3v) is 6.02. The van der Waals surface area contributed by atoms with E-state index in [1.165, 1.54) is 12.1 Å². The van der Waals surface area contributed by atoms with Gasteiger partial charge in [-0.2, -0.15) is 0 Å². The van der Waals surface area contributed by atoms with Crippen molar-refractivity contribution >= 4 is 5.91 Å². The topological polar surface area (TPSA) is 47.6 Å². The molecule has 1 aliphatic heterocycles. The van der Waals surface area contributed by atoms with Gasteiger partial charge in [0.2, 0.25) is 5.91 Å². The zero-order valence-corrected chi connectivity index (χ0v) is 16.0. The first kappa shape index (κ1) is 19.3. The lowest BCUT2D eigenvalue weighted by molar-refractivity contribution is -0.154. The van der Waals surface area contributed by atoms with E-state index in [9.17, 15) is 9.18 Å². The molecular weight excluding hydrogens is 333 g/mol. The maximum absolute atomic E-state index is 13.3. The molecule has 2 aliphatic rings. The van der Waals surface area contributed by atoms with Crippen LogP contribution in [-0.2, 0) is 14.3 Å². The highest BCUT2D eigenvalue weighted by Crippen LogP contribution is 2.47. The highest BCUT2D eigenvalue weighted by atomic mass is 19.1. The number of benzene rings is 1. The largest absolute Gasteiger partial charge is 0.384 e. The molecule has 4 nitrogen and oxygen atoms in total. The first-order valence-corrected chi connectivity index (χ1v) is 9.62. The molecule has 0 radical (unpaired) electrons. The van der Waals surface area contributed by atoms with Crippen LogP contribution in [0, 0.1) is 17.7 Å². The molecule has 144 valence electrons. The first-order valence-electron chi connectivity index (χ1n) is 9.62. The van der Waals surface area contributed by atoms with Crippen molar-refractivity contribution in [1.82, 2.24) is 5.32 Å². The second-order valence-corrected chi connectivity index (χ2v) is 8.15. The number of ether oxygens (including phenoxy) is 2. The van der Waals surface area contributed by atoms with Gasteiger partial charge < -0.3 is 14.8 Å². The summed E-state index contributed by atoms with van der Waals surface area (Å²) in [5.41, 5.74) is 0.646. The second-order valence-electron chi connectivity index (χ2n) is 8.15. The number of amides is 1. The van der Waals surface area contributed by atoms with Gasteiger partial charge in [0.05, 0.1) is 18.8 Å². The van der Waals surface area contributed by atoms with Gasteiger partial charge in [0.1, 0.15) is 5.82 Å². The monoisotopic (exact) mass is 363 g/mol. The van der Waals surface area contributed by atoms with Crippen LogP contribution in [0.4, 0.5) is 4.39 Å². The van der Waals surface area contributed by atoms with Crippen molar-refractivity contribution in [2.45, 2.75) is 63.7 Å². The van der Waals surface area contributed by atoms with E-state index in [4.69, 9.17) is 9.47 Å². The van der Waals surface area contributed by atoms with Gasteiger partial charge >= 0.3 is 0 Å². The summed E-state index contributed by atoms with van der Waals surface area (Å²) in [6.45, 7) is 4.82. The fourth-order valence-corrected chi connectivity index (χ4v) is 4.60. The number of carbonyl (C=O) groups is 1. The molecule has 0 unspecified atom stereocenters. The van der Waals surface area contributed by atoms with Crippen LogP contribution in [0.25, 0.3) is 0 Å². The minimum absolute atomic E-state index is 0.0199. The number of hydrogen-bond donors (Lipinski definition) is 1. The molecule has 5 heteroatoms. The Morgan fingerprint density at radius 2 is 2.08 bits per heavy atom. The van der Waals surface area contributed by atoms with Crippen molar-refractivity contribution in [3.05, 3.63) is 35.6 Å². The van der Waals surface area contributed by atoms with E-state index < -0.39 is 0 Å². The van der Waals surface area contributed by atoms with Crippen molar-refractivity contribution in [3.8, 4) is 0 Å². The Morgan fingerprint density at radius 3 is 2.77 bits per heavy atom. The Bertz CT molecular complexity index is 620. The molecular formula is C21H30FNO3. The molecule has 1 saturated carbocycles. The van der Waals surface area contributed by atoms with E-state index in [0.29, 0.717) is 31.3 Å². The molecule has 1 N–H and O–H groups in total. The molecule has 1 aromatic rings. The quantitative estimate of drug-likeness (QED) is 0.860. The molecule has 0 aromatic heterocycles. The zero-order valence-electron chi connectivity index (χ0n) is 16.0. The fourth-order valence-electron chi connectivity index (χ4n) is 4.60. The van der Waals surface area contributed by atoms with Crippen LogP contribution in [-0.4, -0.2) is 31.3 Å². The zero-order chi connectivity index (χ0) is 18.7. The van der Waals surface area contributed by atoms with Crippen LogP contribution in [0.2, 0.25) is 0 Å². The van der Waals surface area contributed by atoms with E-state index >= 15 is 0 Å². The van der Waals surface area contributed by atoms with E-state index in [0.717, 1.165) is 24.8 Å². The smallest absolute Gasteiger partial charge is 0.222 e. The molecule has 1 aliphatic carbocycles. The summed E-state index contributed by atoms with van der Waals surface area (Å²) < 4.78 is 24.8. The van der Waals surface area contributed by atoms with Gasteiger partial charge in [-0.05, 0) is 43.4 Å². The van der Waals surface area contributed by atoms with E-state index in [-0.39, 0.29) is 29.5 Å². The number of carbonyl (C=O) groups excluding carboxylic acids is 1. The Labute approximate surface area is 155 Å². The lowest BCUT2D eigenvalue weighted by Crippen LogP contribution is -2.60. The number of fused-ring (bicyclic) bond motifs is 1. The lowest BCUT2D eigenvalue weighted by Gasteiger charge is -2.52. The summed E-state index contributed by atoms with van der Waals surface area (Å²) in [7, 11) is 1.60. The number of methoxy groups -OCH3 is 1. The average molecular weight is 363 g/mol. The standard InChI is InChI=1S/C21H30FNO3/c1-14-4-9-17-18(12-14)26-19(15-5-7-16(22)8-6-15)13-21(17,2)23-20(24)10-11-25-3/h5-8,14,17-19H,4,9-13H2,1-3H3,(H,23,24)/t14-,17-,18-,19-,21+/m1/s1. The molecule has 5 atom stereocenters. The molecule has 26 heavy (non-hydrogen) atoms. The normalized spacial score (nSPS) is 34.2. The Hall–Kier alpha value is -1.46. The fraction of sp³-hybridized carbons (Fsp3) is 0.667. The Morgan fingerprint density at radius 1 is 1.35 bits per heavy atom. The molecule has 2 fully saturated rings. The highest BCUT2D eigenvalue weighted by Gasteiger charge is 2.49. The third-order valence-electron chi connectivity index (χ3n) is 6.02. The number of hydrogen-bond acceptors (Lipinski definition) is 3. The minimum atomic E-state index is -0.326. The molecule has 1 saturated heterocycles. The van der Waals surface area contributed by atoms with Gasteiger partial charge in [-0.1, -0.05) is 25.5 Å². The number of nitrogens with one attached hydrogen (secondary N) is 1. The van der Waals surface area contributed by atoms with Crippen LogP contribution in [0.15, 0.2) is 24.3 Å². The van der Waals surface area contributed by atoms with Crippen molar-refractivity contribution in [1.29, 1.82) is 0 Å². The van der Waals surface area contributed by atoms with Gasteiger partial charge in [-0.25, -0.2) is 4.39 Å². The maximum atomic E-state index is 13.3. The minimum Gasteiger partial charge on any atom is -0.384 e. The van der Waals surface area contributed by atoms with Crippen LogP contribution in [0.5, 0.6) is 0 Å². The molecule has 1 aromatic carbocycles. The summed E-state index contributed by atoms with van der Waals surface area (Å²) in [5, 5.41) is 3.28. The van der Waals surface area contributed by atoms with Crippen LogP contribution >= 0.6 is 0 Å². The highest BCUT2D eigenvalue weighted by molar-refractivity contribution is 5.77. The molecule has 3 rings (SSSR count). The molecule has 0 bridgehead atoms. The summed E-state index contributed by atoms with van der Waals surface area (Å²) in [6.07, 6.45) is 4.28. The molecule has 1 amide bonds. The number of halogens is 1. The van der Waals surface area contributed by atoms with Crippen molar-refractivity contribution in [2.75, 3.05) is 13.7 Å². The SMILES string of the molecule is COCCC(=O)N[C@@]1(C)C[C@H](c2ccc(F)cc2)O[C@@H]2C[C@H](C)CC[C@H]21. The van der Waals surface area contributed by atoms with Crippen LogP contribution in [0.1, 0.15) is 57.6 Å². The predicted molar refractivity (Wildman–Crippen MR) is 98.2 cm³/mol. The Kier molecular flexibility index (Phi) is 5.98. The lowest BCUT2D eigenvalue weighted by atomic mass is 9.66. The third kappa shape index (κ3) is 4.26. The average Bonchev–Trinajstić information content (AvgIpc) is 2.59. The predicted octanol–water partition coefficient (Wildman–Crippen LogP) is 4.00. The van der Waals surface area contributed by atoms with Gasteiger partial charge in [0.15, 0.2) is 0 Å². The van der Waals surface area contributed by atoms with E-state index in [1.54, 1.807) is 19.2 Å². The summed E-state index contributed by atoms with van der Waals surface area (Å²) in [6, 6.07) is 6.53. The second kappa shape index (κ2) is 8.05. The van der Waals surface area contributed by atoms with Gasteiger partial charge in [0, 0.05) is 31.4 Å². The van der Waals surface area contributed by atoms with Crippen molar-refractivity contribution in [2.24, 2.45) is 11.8 Å². The van der Waals surface area contributed by atoms with Crippen molar-refractivity contribution in [3.63, 3.8) is 0 Å². The summed E-state index contributed by atoms with van der Waals surface area (Å²) >= 11 is 0. The summed E-state index contributed by atoms with van der Waals surface area (Å²) in [4.78, 5) is 12.4. The Balaban J connectivity index is 1.82. The number of rotatable bonds is 5. The molecule has 1 heterocycles. The van der Waals surface area contributed by atoms with Gasteiger partial charge in [-0.15, -0.1) is 0 Å². The van der Waals surface area contributed by atoms with Gasteiger partial charge in [-0.3, -0.25) is 4.79 Å². The first-order chi connectivity index (χ1) is 12.4. The van der Waals surface area contributed by atoms with Crippen LogP contribution in [0.3, 0.4) is 0 Å². The van der Waals surface area contributed by atoms with E-state index in [2.05, 4.69) is 19.2 Å². The van der Waals surface area contributed by atoms with E-state index in [1.807, 2.05) is 0 Å². The van der Waals surface area contributed by atoms with Crippen LogP contribution < -0.4 is 5.32 Å². The molecule has 0 spiro atoms. The van der Waals surface area contributed by atoms with Gasteiger partial charge in [0.25, 0.3) is 0 Å². The maximum Gasteiger partial charge on any atom is 0.222 e. The van der Waals surface area contributed by atoms with Crippen molar-refractivity contribution < 1.29 is 18.7 Å². The summed E-state index contributed by atoms with van der Waals surface area (Å²) in [5.74, 6) is 0.703.